The van der Waals surface area contributed by atoms with Gasteiger partial charge >= 0.3 is 0 Å². The van der Waals surface area contributed by atoms with Crippen LogP contribution in [0.1, 0.15) is 18.4 Å². The summed E-state index contributed by atoms with van der Waals surface area (Å²) in [4.78, 5) is 11.5. The molecule has 2 N–H and O–H groups in total. The summed E-state index contributed by atoms with van der Waals surface area (Å²) in [7, 11) is -3.66. The number of aryl methyl sites for hydroxylation is 1. The number of halogens is 1. The maximum atomic E-state index is 12.7. The van der Waals surface area contributed by atoms with Gasteiger partial charge in [0.25, 0.3) is 0 Å². The van der Waals surface area contributed by atoms with Gasteiger partial charge in [-0.1, -0.05) is 19.1 Å². The molecule has 2 heterocycles. The van der Waals surface area contributed by atoms with Gasteiger partial charge in [0.15, 0.2) is 0 Å². The van der Waals surface area contributed by atoms with Gasteiger partial charge in [0.2, 0.25) is 10.0 Å². The lowest BCUT2D eigenvalue weighted by Gasteiger charge is -2.10. The zero-order valence-corrected chi connectivity index (χ0v) is 14.8. The fourth-order valence-electron chi connectivity index (χ4n) is 2.31. The van der Waals surface area contributed by atoms with Crippen molar-refractivity contribution in [3.05, 3.63) is 52.8 Å². The number of aromatic amines is 1. The predicted molar refractivity (Wildman–Crippen MR) is 91.4 cm³/mol. The van der Waals surface area contributed by atoms with Crippen LogP contribution in [0.3, 0.4) is 0 Å². The van der Waals surface area contributed by atoms with Crippen LogP contribution in [0, 0.1) is 0 Å². The fourth-order valence-corrected chi connectivity index (χ4v) is 4.26. The molecule has 0 saturated carbocycles. The molecular formula is C15H15BrN4O2S. The van der Waals surface area contributed by atoms with E-state index >= 15 is 0 Å². The highest BCUT2D eigenvalue weighted by atomic mass is 79.9. The van der Waals surface area contributed by atoms with Crippen LogP contribution in [-0.4, -0.2) is 23.4 Å². The highest BCUT2D eigenvalue weighted by Crippen LogP contribution is 2.29. The summed E-state index contributed by atoms with van der Waals surface area (Å²) in [6.45, 7) is 2.14. The van der Waals surface area contributed by atoms with Gasteiger partial charge in [0.05, 0.1) is 11.4 Å². The van der Waals surface area contributed by atoms with E-state index in [4.69, 9.17) is 0 Å². The van der Waals surface area contributed by atoms with Crippen LogP contribution in [0.5, 0.6) is 0 Å². The summed E-state index contributed by atoms with van der Waals surface area (Å²) < 4.78 is 28.6. The molecule has 3 aromatic rings. The van der Waals surface area contributed by atoms with E-state index in [0.29, 0.717) is 9.86 Å². The van der Waals surface area contributed by atoms with Gasteiger partial charge in [0, 0.05) is 46.0 Å². The van der Waals surface area contributed by atoms with Crippen molar-refractivity contribution in [1.29, 1.82) is 0 Å². The van der Waals surface area contributed by atoms with E-state index in [-0.39, 0.29) is 11.4 Å². The lowest BCUT2D eigenvalue weighted by Crippen LogP contribution is -2.23. The van der Waals surface area contributed by atoms with E-state index in [0.717, 1.165) is 23.3 Å². The third kappa shape index (κ3) is 3.29. The molecule has 0 aliphatic carbocycles. The molecule has 0 amide bonds. The maximum Gasteiger partial charge on any atom is 0.241 e. The minimum Gasteiger partial charge on any atom is -0.345 e. The van der Waals surface area contributed by atoms with Gasteiger partial charge in [-0.3, -0.25) is 4.98 Å². The van der Waals surface area contributed by atoms with Crippen LogP contribution in [-0.2, 0) is 23.0 Å². The van der Waals surface area contributed by atoms with Crippen LogP contribution in [0.25, 0.3) is 10.8 Å². The topological polar surface area (TPSA) is 87.7 Å². The standard InChI is InChI=1S/C15H15BrN4O2S/c1-2-14-18-7-11(20-14)8-19-23(21,22)13-5-3-4-10-6-17-9-12(16)15(10)13/h3-7,9,19H,2,8H2,1H3,(H,18,20). The van der Waals surface area contributed by atoms with E-state index in [2.05, 4.69) is 35.6 Å². The molecule has 23 heavy (non-hydrogen) atoms. The van der Waals surface area contributed by atoms with E-state index in [9.17, 15) is 8.42 Å². The number of sulfonamides is 1. The van der Waals surface area contributed by atoms with Crippen LogP contribution in [0.4, 0.5) is 0 Å². The first-order chi connectivity index (χ1) is 11.0. The van der Waals surface area contributed by atoms with Crippen molar-refractivity contribution in [3.63, 3.8) is 0 Å². The molecule has 6 nitrogen and oxygen atoms in total. The molecule has 2 aromatic heterocycles. The van der Waals surface area contributed by atoms with Crippen molar-refractivity contribution in [2.24, 2.45) is 0 Å². The number of benzene rings is 1. The Morgan fingerprint density at radius 3 is 2.83 bits per heavy atom. The molecular weight excluding hydrogens is 380 g/mol. The van der Waals surface area contributed by atoms with Crippen LogP contribution >= 0.6 is 15.9 Å². The molecule has 8 heteroatoms. The SMILES string of the molecule is CCc1ncc(CNS(=O)(=O)c2cccc3cncc(Br)c23)[nH]1. The molecule has 120 valence electrons. The fraction of sp³-hybridized carbons (Fsp3) is 0.200. The molecule has 0 radical (unpaired) electrons. The highest BCUT2D eigenvalue weighted by Gasteiger charge is 2.19. The largest absolute Gasteiger partial charge is 0.345 e. The first-order valence-electron chi connectivity index (χ1n) is 7.06. The Labute approximate surface area is 142 Å². The van der Waals surface area contributed by atoms with E-state index in [1.807, 2.05) is 13.0 Å². The van der Waals surface area contributed by atoms with Gasteiger partial charge in [-0.2, -0.15) is 0 Å². The number of imidazole rings is 1. The Bertz CT molecular complexity index is 948. The minimum atomic E-state index is -3.66. The predicted octanol–water partition coefficient (Wildman–Crippen LogP) is 2.76. The average molecular weight is 395 g/mol. The third-order valence-corrected chi connectivity index (χ3v) is 5.50. The number of rotatable bonds is 5. The van der Waals surface area contributed by atoms with Gasteiger partial charge in [-0.05, 0) is 22.0 Å². The van der Waals surface area contributed by atoms with Gasteiger partial charge < -0.3 is 4.98 Å². The number of aromatic nitrogens is 3. The van der Waals surface area contributed by atoms with Crippen molar-refractivity contribution < 1.29 is 8.42 Å². The minimum absolute atomic E-state index is 0.161. The quantitative estimate of drug-likeness (QED) is 0.696. The summed E-state index contributed by atoms with van der Waals surface area (Å²) >= 11 is 3.38. The summed E-state index contributed by atoms with van der Waals surface area (Å²) in [6, 6.07) is 5.12. The van der Waals surface area contributed by atoms with Crippen molar-refractivity contribution in [2.75, 3.05) is 0 Å². The van der Waals surface area contributed by atoms with Gasteiger partial charge in [-0.25, -0.2) is 18.1 Å². The molecule has 3 rings (SSSR count). The second-order valence-electron chi connectivity index (χ2n) is 5.01. The first-order valence-corrected chi connectivity index (χ1v) is 9.33. The zero-order valence-electron chi connectivity index (χ0n) is 12.4. The Morgan fingerprint density at radius 2 is 2.09 bits per heavy atom. The molecule has 0 atom stereocenters. The number of hydrogen-bond acceptors (Lipinski definition) is 4. The second-order valence-corrected chi connectivity index (χ2v) is 7.60. The second kappa shape index (κ2) is 6.38. The van der Waals surface area contributed by atoms with Gasteiger partial charge in [0.1, 0.15) is 5.82 Å². The van der Waals surface area contributed by atoms with E-state index in [1.54, 1.807) is 30.7 Å². The van der Waals surface area contributed by atoms with Crippen LogP contribution in [0.15, 0.2) is 46.2 Å². The lowest BCUT2D eigenvalue weighted by molar-refractivity contribution is 0.581. The third-order valence-electron chi connectivity index (χ3n) is 3.46. The summed E-state index contributed by atoms with van der Waals surface area (Å²) in [5.74, 6) is 0.832. The zero-order chi connectivity index (χ0) is 16.4. The number of hydrogen-bond donors (Lipinski definition) is 2. The van der Waals surface area contributed by atoms with Crippen molar-refractivity contribution >= 4 is 36.7 Å². The molecule has 0 aliphatic rings. The molecule has 0 spiro atoms. The summed E-state index contributed by atoms with van der Waals surface area (Å²) in [5.41, 5.74) is 0.728. The lowest BCUT2D eigenvalue weighted by atomic mass is 10.2. The smallest absolute Gasteiger partial charge is 0.241 e. The van der Waals surface area contributed by atoms with Crippen LogP contribution < -0.4 is 4.72 Å². The van der Waals surface area contributed by atoms with Crippen LogP contribution in [0.2, 0.25) is 0 Å². The Kier molecular flexibility index (Phi) is 4.47. The van der Waals surface area contributed by atoms with E-state index < -0.39 is 10.0 Å². The molecule has 0 saturated heterocycles. The monoisotopic (exact) mass is 394 g/mol. The Hall–Kier alpha value is -1.77. The highest BCUT2D eigenvalue weighted by molar-refractivity contribution is 9.10. The van der Waals surface area contributed by atoms with Gasteiger partial charge in [-0.15, -0.1) is 0 Å². The average Bonchev–Trinajstić information content (AvgIpc) is 3.01. The molecule has 0 unspecified atom stereocenters. The van der Waals surface area contributed by atoms with Crippen molar-refractivity contribution in [2.45, 2.75) is 24.8 Å². The van der Waals surface area contributed by atoms with E-state index in [1.165, 1.54) is 0 Å². The Morgan fingerprint density at radius 1 is 1.26 bits per heavy atom. The number of H-pyrrole nitrogens is 1. The molecule has 0 fully saturated rings. The van der Waals surface area contributed by atoms with Crippen molar-refractivity contribution in [3.8, 4) is 0 Å². The van der Waals surface area contributed by atoms with Crippen molar-refractivity contribution in [1.82, 2.24) is 19.7 Å². The number of pyridine rings is 1. The summed E-state index contributed by atoms with van der Waals surface area (Å²) in [5, 5.41) is 1.38. The normalized spacial score (nSPS) is 11.9. The Balaban J connectivity index is 1.93. The first kappa shape index (κ1) is 16.1. The number of fused-ring (bicyclic) bond motifs is 1. The molecule has 0 bridgehead atoms. The number of nitrogens with one attached hydrogen (secondary N) is 2. The molecule has 1 aromatic carbocycles. The maximum absolute atomic E-state index is 12.7. The summed E-state index contributed by atoms with van der Waals surface area (Å²) in [6.07, 6.45) is 5.64. The molecule has 0 aliphatic heterocycles. The number of nitrogens with zero attached hydrogens (tertiary/aromatic N) is 2.